The number of aromatic amines is 1. The van der Waals surface area contributed by atoms with Crippen molar-refractivity contribution in [3.05, 3.63) is 60.4 Å². The molecule has 7 heteroatoms. The molecule has 5 rings (SSSR count). The van der Waals surface area contributed by atoms with E-state index in [4.69, 9.17) is 4.74 Å². The number of H-pyrrole nitrogens is 1. The first kappa shape index (κ1) is 19.9. The van der Waals surface area contributed by atoms with Gasteiger partial charge >= 0.3 is 0 Å². The minimum atomic E-state index is -0.0312. The summed E-state index contributed by atoms with van der Waals surface area (Å²) >= 11 is 0. The molecule has 1 aliphatic rings. The summed E-state index contributed by atoms with van der Waals surface area (Å²) in [5.74, 6) is 0.777. The average Bonchev–Trinajstić information content (AvgIpc) is 3.41. The maximum atomic E-state index is 12.9. The lowest BCUT2D eigenvalue weighted by Gasteiger charge is -2.17. The van der Waals surface area contributed by atoms with Gasteiger partial charge in [-0.3, -0.25) is 4.79 Å². The van der Waals surface area contributed by atoms with E-state index < -0.39 is 0 Å². The number of aromatic nitrogens is 2. The van der Waals surface area contributed by atoms with Crippen LogP contribution in [-0.2, 0) is 0 Å². The molecule has 162 valence electrons. The molecule has 0 aliphatic carbocycles. The number of anilines is 2. The van der Waals surface area contributed by atoms with Crippen molar-refractivity contribution >= 4 is 28.3 Å². The Morgan fingerprint density at radius 2 is 1.94 bits per heavy atom. The number of pyridine rings is 1. The summed E-state index contributed by atoms with van der Waals surface area (Å²) in [4.78, 5) is 24.5. The van der Waals surface area contributed by atoms with Gasteiger partial charge < -0.3 is 24.8 Å². The Morgan fingerprint density at radius 3 is 2.72 bits per heavy atom. The molecular formula is C25H25N5O2. The first-order chi connectivity index (χ1) is 15.5. The van der Waals surface area contributed by atoms with Gasteiger partial charge in [0.15, 0.2) is 0 Å². The molecule has 0 radical (unpaired) electrons. The highest BCUT2D eigenvalue weighted by atomic mass is 16.5. The number of carbonyl (C=O) groups is 1. The standard InChI is InChI=1S/C25H25N5O2/c1-29(2)25(31)19-9-15(11-21-23(19)28-14-30(21)3)16-10-18-20(13-27-24(18)26-12-16)17-7-5-6-8-22(17)32-4/h5-13,28H,14H2,1-4H3,(H,26,27). The normalized spacial score (nSPS) is 12.6. The quantitative estimate of drug-likeness (QED) is 0.504. The molecule has 0 unspecified atom stereocenters. The number of methoxy groups -OCH3 is 1. The van der Waals surface area contributed by atoms with Gasteiger partial charge in [0.2, 0.25) is 0 Å². The van der Waals surface area contributed by atoms with E-state index in [1.54, 1.807) is 26.1 Å². The molecule has 3 heterocycles. The van der Waals surface area contributed by atoms with E-state index in [1.165, 1.54) is 0 Å². The molecule has 0 bridgehead atoms. The summed E-state index contributed by atoms with van der Waals surface area (Å²) < 4.78 is 5.57. The number of carbonyl (C=O) groups excluding carboxylic acids is 1. The van der Waals surface area contributed by atoms with Crippen LogP contribution in [-0.4, -0.2) is 55.7 Å². The largest absolute Gasteiger partial charge is 0.496 e. The van der Waals surface area contributed by atoms with E-state index in [9.17, 15) is 4.79 Å². The monoisotopic (exact) mass is 427 g/mol. The summed E-state index contributed by atoms with van der Waals surface area (Å²) in [6, 6.07) is 14.1. The fourth-order valence-electron chi connectivity index (χ4n) is 4.22. The minimum Gasteiger partial charge on any atom is -0.496 e. The number of fused-ring (bicyclic) bond motifs is 2. The number of amides is 1. The van der Waals surface area contributed by atoms with Crippen molar-refractivity contribution < 1.29 is 9.53 Å². The van der Waals surface area contributed by atoms with Gasteiger partial charge in [0.05, 0.1) is 30.7 Å². The lowest BCUT2D eigenvalue weighted by atomic mass is 9.98. The fraction of sp³-hybridized carbons (Fsp3) is 0.200. The van der Waals surface area contributed by atoms with Crippen molar-refractivity contribution in [1.29, 1.82) is 0 Å². The summed E-state index contributed by atoms with van der Waals surface area (Å²) in [7, 11) is 7.23. The van der Waals surface area contributed by atoms with Crippen LogP contribution in [0.4, 0.5) is 11.4 Å². The number of rotatable bonds is 4. The van der Waals surface area contributed by atoms with Crippen molar-refractivity contribution in [3.8, 4) is 28.0 Å². The first-order valence-corrected chi connectivity index (χ1v) is 10.4. The molecule has 32 heavy (non-hydrogen) atoms. The third kappa shape index (κ3) is 3.13. The van der Waals surface area contributed by atoms with E-state index in [0.717, 1.165) is 50.4 Å². The molecule has 2 aromatic heterocycles. The molecule has 0 fully saturated rings. The van der Waals surface area contributed by atoms with Crippen LogP contribution in [0.1, 0.15) is 10.4 Å². The van der Waals surface area contributed by atoms with Gasteiger partial charge in [-0.2, -0.15) is 0 Å². The van der Waals surface area contributed by atoms with E-state index in [0.29, 0.717) is 12.2 Å². The van der Waals surface area contributed by atoms with Gasteiger partial charge in [-0.25, -0.2) is 4.98 Å². The van der Waals surface area contributed by atoms with Crippen molar-refractivity contribution in [2.75, 3.05) is 45.1 Å². The van der Waals surface area contributed by atoms with Crippen molar-refractivity contribution in [2.24, 2.45) is 0 Å². The molecule has 1 amide bonds. The topological polar surface area (TPSA) is 73.5 Å². The minimum absolute atomic E-state index is 0.0312. The number of hydrogen-bond acceptors (Lipinski definition) is 5. The van der Waals surface area contributed by atoms with E-state index in [2.05, 4.69) is 32.3 Å². The Hall–Kier alpha value is -4.00. The molecule has 0 spiro atoms. The maximum Gasteiger partial charge on any atom is 0.255 e. The smallest absolute Gasteiger partial charge is 0.255 e. The molecule has 4 aromatic rings. The molecular weight excluding hydrogens is 402 g/mol. The molecule has 1 aliphatic heterocycles. The number of nitrogens with one attached hydrogen (secondary N) is 2. The predicted octanol–water partition coefficient (Wildman–Crippen LogP) is 4.43. The first-order valence-electron chi connectivity index (χ1n) is 10.4. The Labute approximate surface area is 186 Å². The van der Waals surface area contributed by atoms with Gasteiger partial charge in [-0.05, 0) is 29.8 Å². The third-order valence-corrected chi connectivity index (χ3v) is 5.92. The van der Waals surface area contributed by atoms with Crippen LogP contribution in [0.15, 0.2) is 54.9 Å². The van der Waals surface area contributed by atoms with Crippen LogP contribution in [0.5, 0.6) is 5.75 Å². The second kappa shape index (κ2) is 7.60. The number of hydrogen-bond donors (Lipinski definition) is 2. The Kier molecular flexibility index (Phi) is 4.74. The van der Waals surface area contributed by atoms with E-state index in [-0.39, 0.29) is 5.91 Å². The Bertz CT molecular complexity index is 1340. The predicted molar refractivity (Wildman–Crippen MR) is 128 cm³/mol. The van der Waals surface area contributed by atoms with Crippen LogP contribution >= 0.6 is 0 Å². The molecule has 0 saturated carbocycles. The van der Waals surface area contributed by atoms with Gasteiger partial charge in [0.1, 0.15) is 11.4 Å². The number of ether oxygens (including phenoxy) is 1. The summed E-state index contributed by atoms with van der Waals surface area (Å²) in [5.41, 5.74) is 7.27. The summed E-state index contributed by atoms with van der Waals surface area (Å²) in [6.45, 7) is 0.666. The van der Waals surface area contributed by atoms with Crippen LogP contribution in [0.25, 0.3) is 33.3 Å². The molecule has 7 nitrogen and oxygen atoms in total. The maximum absolute atomic E-state index is 12.9. The van der Waals surface area contributed by atoms with Crippen LogP contribution < -0.4 is 15.0 Å². The zero-order valence-corrected chi connectivity index (χ0v) is 18.6. The Morgan fingerprint density at radius 1 is 1.12 bits per heavy atom. The highest BCUT2D eigenvalue weighted by molar-refractivity contribution is 6.05. The highest BCUT2D eigenvalue weighted by Gasteiger charge is 2.25. The number of para-hydroxylation sites is 1. The number of benzene rings is 2. The zero-order chi connectivity index (χ0) is 22.4. The average molecular weight is 428 g/mol. The summed E-state index contributed by atoms with van der Waals surface area (Å²) in [5, 5.41) is 4.35. The zero-order valence-electron chi connectivity index (χ0n) is 18.6. The van der Waals surface area contributed by atoms with Gasteiger partial charge in [0, 0.05) is 55.6 Å². The SMILES string of the molecule is COc1ccccc1-c1c[nH]c2ncc(-c3cc(C(=O)N(C)C)c4c(c3)N(C)CN4)cc12. The molecule has 0 atom stereocenters. The molecule has 2 aromatic carbocycles. The highest BCUT2D eigenvalue weighted by Crippen LogP contribution is 2.40. The molecule has 2 N–H and O–H groups in total. The van der Waals surface area contributed by atoms with Crippen LogP contribution in [0, 0.1) is 0 Å². The lowest BCUT2D eigenvalue weighted by molar-refractivity contribution is 0.0828. The van der Waals surface area contributed by atoms with Crippen molar-refractivity contribution in [3.63, 3.8) is 0 Å². The van der Waals surface area contributed by atoms with E-state index >= 15 is 0 Å². The van der Waals surface area contributed by atoms with Gasteiger partial charge in [-0.1, -0.05) is 18.2 Å². The third-order valence-electron chi connectivity index (χ3n) is 5.92. The van der Waals surface area contributed by atoms with Crippen molar-refractivity contribution in [1.82, 2.24) is 14.9 Å². The molecule has 0 saturated heterocycles. The van der Waals surface area contributed by atoms with Crippen molar-refractivity contribution in [2.45, 2.75) is 0 Å². The number of nitrogens with zero attached hydrogens (tertiary/aromatic N) is 3. The lowest BCUT2D eigenvalue weighted by Crippen LogP contribution is -2.22. The summed E-state index contributed by atoms with van der Waals surface area (Å²) in [6.07, 6.45) is 3.81. The Balaban J connectivity index is 1.68. The van der Waals surface area contributed by atoms with Gasteiger partial charge in [-0.15, -0.1) is 0 Å². The fourth-order valence-corrected chi connectivity index (χ4v) is 4.22. The van der Waals surface area contributed by atoms with Crippen LogP contribution in [0.3, 0.4) is 0 Å². The second-order valence-corrected chi connectivity index (χ2v) is 8.17. The second-order valence-electron chi connectivity index (χ2n) is 8.17. The van der Waals surface area contributed by atoms with Gasteiger partial charge in [0.25, 0.3) is 5.91 Å². The van der Waals surface area contributed by atoms with Crippen LogP contribution in [0.2, 0.25) is 0 Å². The van der Waals surface area contributed by atoms with E-state index in [1.807, 2.05) is 49.8 Å².